The van der Waals surface area contributed by atoms with Gasteiger partial charge in [-0.2, -0.15) is 0 Å². The quantitative estimate of drug-likeness (QED) is 0.508. The van der Waals surface area contributed by atoms with E-state index in [4.69, 9.17) is 0 Å². The van der Waals surface area contributed by atoms with Crippen molar-refractivity contribution in [3.63, 3.8) is 0 Å². The van der Waals surface area contributed by atoms with E-state index in [0.717, 1.165) is 0 Å². The van der Waals surface area contributed by atoms with Crippen molar-refractivity contribution in [1.29, 1.82) is 0 Å². The highest BCUT2D eigenvalue weighted by molar-refractivity contribution is 5.27. The van der Waals surface area contributed by atoms with Crippen molar-refractivity contribution < 1.29 is 0 Å². The van der Waals surface area contributed by atoms with Crippen LogP contribution in [-0.4, -0.2) is 0 Å². The Labute approximate surface area is 104 Å². The molecule has 1 rings (SSSR count). The number of hydrogen-bond donors (Lipinski definition) is 0. The zero-order valence-corrected chi connectivity index (χ0v) is 10.5. The summed E-state index contributed by atoms with van der Waals surface area (Å²) in [4.78, 5) is 0. The molecule has 0 N–H and O–H groups in total. The molecule has 0 heteroatoms. The van der Waals surface area contributed by atoms with E-state index in [-0.39, 0.29) is 20.3 Å². The Hall–Kier alpha value is -0.780. The van der Waals surface area contributed by atoms with Crippen LogP contribution < -0.4 is 0 Å². The SMILES string of the molecule is C.C.CCC.Cc1cccc(C(C)(C)C)c1. The Bertz CT molecular complexity index is 253. The lowest BCUT2D eigenvalue weighted by Gasteiger charge is -2.19. The van der Waals surface area contributed by atoms with Crippen LogP contribution in [0.25, 0.3) is 0 Å². The lowest BCUT2D eigenvalue weighted by molar-refractivity contribution is 0.590. The van der Waals surface area contributed by atoms with Crippen molar-refractivity contribution in [3.8, 4) is 0 Å². The minimum absolute atomic E-state index is 0. The molecule has 0 bridgehead atoms. The van der Waals surface area contributed by atoms with Crippen molar-refractivity contribution in [3.05, 3.63) is 35.4 Å². The highest BCUT2D eigenvalue weighted by Gasteiger charge is 2.12. The first kappa shape index (κ1) is 20.6. The normalized spacial score (nSPS) is 9.12. The standard InChI is InChI=1S/C11H16.C3H8.2CH4/c1-9-6-5-7-10(8-9)11(2,3)4;1-3-2;;/h5-8H,1-4H3;3H2,1-2H3;2*1H4. The first-order valence-corrected chi connectivity index (χ1v) is 5.49. The lowest BCUT2D eigenvalue weighted by Crippen LogP contribution is -2.10. The van der Waals surface area contributed by atoms with Gasteiger partial charge < -0.3 is 0 Å². The van der Waals surface area contributed by atoms with Crippen molar-refractivity contribution >= 4 is 0 Å². The maximum atomic E-state index is 2.25. The first-order valence-electron chi connectivity index (χ1n) is 5.49. The van der Waals surface area contributed by atoms with E-state index in [1.54, 1.807) is 0 Å². The van der Waals surface area contributed by atoms with E-state index in [1.807, 2.05) is 0 Å². The van der Waals surface area contributed by atoms with Gasteiger partial charge in [-0.25, -0.2) is 0 Å². The fraction of sp³-hybridized carbons (Fsp3) is 0.625. The summed E-state index contributed by atoms with van der Waals surface area (Å²) in [5, 5.41) is 0. The van der Waals surface area contributed by atoms with Crippen LogP contribution in [0.4, 0.5) is 0 Å². The molecule has 0 fully saturated rings. The summed E-state index contributed by atoms with van der Waals surface area (Å²) in [6.07, 6.45) is 1.25. The molecule has 0 saturated carbocycles. The molecule has 0 spiro atoms. The third-order valence-electron chi connectivity index (χ3n) is 1.88. The Morgan fingerprint density at radius 2 is 1.44 bits per heavy atom. The van der Waals surface area contributed by atoms with Crippen LogP contribution in [-0.2, 0) is 5.41 Å². The zero-order valence-electron chi connectivity index (χ0n) is 10.5. The van der Waals surface area contributed by atoms with Gasteiger partial charge in [0, 0.05) is 0 Å². The number of rotatable bonds is 0. The van der Waals surface area contributed by atoms with Crippen LogP contribution in [0.3, 0.4) is 0 Å². The van der Waals surface area contributed by atoms with Crippen LogP contribution >= 0.6 is 0 Å². The van der Waals surface area contributed by atoms with Gasteiger partial charge in [-0.1, -0.05) is 85.7 Å². The summed E-state index contributed by atoms with van der Waals surface area (Å²) < 4.78 is 0. The van der Waals surface area contributed by atoms with E-state index in [2.05, 4.69) is 65.8 Å². The van der Waals surface area contributed by atoms with Crippen LogP contribution in [0.5, 0.6) is 0 Å². The summed E-state index contributed by atoms with van der Waals surface area (Å²) in [6.45, 7) is 13.1. The summed E-state index contributed by atoms with van der Waals surface area (Å²) in [5.74, 6) is 0. The second-order valence-electron chi connectivity index (χ2n) is 4.83. The highest BCUT2D eigenvalue weighted by Crippen LogP contribution is 2.22. The van der Waals surface area contributed by atoms with Gasteiger partial charge in [-0.15, -0.1) is 0 Å². The molecule has 0 aliphatic heterocycles. The number of hydrogen-bond acceptors (Lipinski definition) is 0. The topological polar surface area (TPSA) is 0 Å². The molecule has 1 aromatic carbocycles. The monoisotopic (exact) mass is 224 g/mol. The Balaban J connectivity index is -0.000000306. The fourth-order valence-electron chi connectivity index (χ4n) is 1.11. The number of benzene rings is 1. The second kappa shape index (κ2) is 9.45. The molecule has 0 radical (unpaired) electrons. The molecule has 0 amide bonds. The van der Waals surface area contributed by atoms with Crippen LogP contribution in [0.2, 0.25) is 0 Å². The maximum Gasteiger partial charge on any atom is -0.0132 e. The van der Waals surface area contributed by atoms with Gasteiger partial charge in [0.05, 0.1) is 0 Å². The van der Waals surface area contributed by atoms with Crippen LogP contribution in [0.1, 0.15) is 67.0 Å². The Morgan fingerprint density at radius 1 is 1.00 bits per heavy atom. The fourth-order valence-corrected chi connectivity index (χ4v) is 1.11. The maximum absolute atomic E-state index is 2.25. The van der Waals surface area contributed by atoms with E-state index in [9.17, 15) is 0 Å². The molecule has 0 unspecified atom stereocenters. The predicted octanol–water partition coefficient (Wildman–Crippen LogP) is 5.98. The molecule has 16 heavy (non-hydrogen) atoms. The van der Waals surface area contributed by atoms with Crippen LogP contribution in [0.15, 0.2) is 24.3 Å². The van der Waals surface area contributed by atoms with Gasteiger partial charge in [-0.3, -0.25) is 0 Å². The molecule has 0 aromatic heterocycles. The molecule has 0 nitrogen and oxygen atoms in total. The molecule has 96 valence electrons. The smallest absolute Gasteiger partial charge is 0.0132 e. The van der Waals surface area contributed by atoms with Crippen molar-refractivity contribution in [2.45, 2.75) is 68.2 Å². The largest absolute Gasteiger partial charge is 0.0776 e. The predicted molar refractivity (Wildman–Crippen MR) is 79.3 cm³/mol. The molecule has 0 saturated heterocycles. The molecular weight excluding hydrogens is 192 g/mol. The van der Waals surface area contributed by atoms with Gasteiger partial charge >= 0.3 is 0 Å². The third kappa shape index (κ3) is 8.52. The van der Waals surface area contributed by atoms with E-state index < -0.39 is 0 Å². The molecule has 0 heterocycles. The summed E-state index contributed by atoms with van der Waals surface area (Å²) >= 11 is 0. The summed E-state index contributed by atoms with van der Waals surface area (Å²) in [6, 6.07) is 8.69. The van der Waals surface area contributed by atoms with Gasteiger partial charge in [0.25, 0.3) is 0 Å². The van der Waals surface area contributed by atoms with Crippen molar-refractivity contribution in [2.24, 2.45) is 0 Å². The van der Waals surface area contributed by atoms with Crippen LogP contribution in [0, 0.1) is 6.92 Å². The minimum Gasteiger partial charge on any atom is -0.0776 e. The van der Waals surface area contributed by atoms with Crippen molar-refractivity contribution in [2.75, 3.05) is 0 Å². The average molecular weight is 224 g/mol. The number of aryl methyl sites for hydroxylation is 1. The van der Waals surface area contributed by atoms with Gasteiger partial charge in [0.15, 0.2) is 0 Å². The van der Waals surface area contributed by atoms with E-state index in [1.165, 1.54) is 17.5 Å². The molecule has 1 aromatic rings. The summed E-state index contributed by atoms with van der Waals surface area (Å²) in [7, 11) is 0. The third-order valence-corrected chi connectivity index (χ3v) is 1.88. The molecule has 0 aliphatic carbocycles. The lowest BCUT2D eigenvalue weighted by atomic mass is 9.86. The average Bonchev–Trinajstić information content (AvgIpc) is 2.04. The Morgan fingerprint density at radius 3 is 1.69 bits per heavy atom. The van der Waals surface area contributed by atoms with Gasteiger partial charge in [-0.05, 0) is 17.9 Å². The van der Waals surface area contributed by atoms with E-state index >= 15 is 0 Å². The zero-order chi connectivity index (χ0) is 11.2. The molecular formula is C16H32. The first-order chi connectivity index (χ1) is 6.41. The second-order valence-corrected chi connectivity index (χ2v) is 4.83. The Kier molecular flexibility index (Phi) is 12.2. The summed E-state index contributed by atoms with van der Waals surface area (Å²) in [5.41, 5.74) is 3.04. The molecule has 0 aliphatic rings. The van der Waals surface area contributed by atoms with Crippen molar-refractivity contribution in [1.82, 2.24) is 0 Å². The molecule has 0 atom stereocenters. The van der Waals surface area contributed by atoms with Gasteiger partial charge in [0.1, 0.15) is 0 Å². The van der Waals surface area contributed by atoms with E-state index in [0.29, 0.717) is 0 Å². The van der Waals surface area contributed by atoms with Gasteiger partial charge in [0.2, 0.25) is 0 Å². The minimum atomic E-state index is 0. The highest BCUT2D eigenvalue weighted by atomic mass is 14.2.